The van der Waals surface area contributed by atoms with Gasteiger partial charge >= 0.3 is 0 Å². The van der Waals surface area contributed by atoms with E-state index in [2.05, 4.69) is 14.9 Å². The smallest absolute Gasteiger partial charge is 0.226 e. The highest BCUT2D eigenvalue weighted by molar-refractivity contribution is 7.15. The van der Waals surface area contributed by atoms with Crippen LogP contribution in [-0.2, 0) is 24.2 Å². The maximum Gasteiger partial charge on any atom is 0.226 e. The predicted molar refractivity (Wildman–Crippen MR) is 109 cm³/mol. The van der Waals surface area contributed by atoms with Crippen LogP contribution in [-0.4, -0.2) is 31.8 Å². The molecule has 5 nitrogen and oxygen atoms in total. The summed E-state index contributed by atoms with van der Waals surface area (Å²) in [5, 5.41) is 1.04. The van der Waals surface area contributed by atoms with Crippen molar-refractivity contribution >= 4 is 17.2 Å². The van der Waals surface area contributed by atoms with Gasteiger partial charge in [-0.1, -0.05) is 6.07 Å². The summed E-state index contributed by atoms with van der Waals surface area (Å²) in [5.74, 6) is 0.307. The molecule has 3 aromatic rings. The quantitative estimate of drug-likeness (QED) is 0.663. The van der Waals surface area contributed by atoms with E-state index in [4.69, 9.17) is 4.98 Å². The Morgan fingerprint density at radius 2 is 1.96 bits per heavy atom. The van der Waals surface area contributed by atoms with Crippen LogP contribution in [0, 0.1) is 5.92 Å². The Morgan fingerprint density at radius 3 is 2.71 bits per heavy atom. The van der Waals surface area contributed by atoms with Crippen LogP contribution in [0.5, 0.6) is 0 Å². The van der Waals surface area contributed by atoms with E-state index in [1.807, 2.05) is 30.3 Å². The molecule has 0 spiro atoms. The third-order valence-corrected chi connectivity index (χ3v) is 6.75. The first-order chi connectivity index (χ1) is 13.8. The fraction of sp³-hybridized carbons (Fsp3) is 0.364. The number of hydrogen-bond acceptors (Lipinski definition) is 5. The molecular weight excluding hydrogens is 368 g/mol. The minimum absolute atomic E-state index is 0.0317. The van der Waals surface area contributed by atoms with Gasteiger partial charge in [-0.25, -0.2) is 4.98 Å². The molecule has 0 bridgehead atoms. The normalized spacial score (nSPS) is 18.5. The fourth-order valence-corrected chi connectivity index (χ4v) is 4.99. The summed E-state index contributed by atoms with van der Waals surface area (Å²) >= 11 is 1.76. The van der Waals surface area contributed by atoms with Crippen molar-refractivity contribution in [3.05, 3.63) is 65.2 Å². The Morgan fingerprint density at radius 1 is 1.11 bits per heavy atom. The molecule has 1 atom stereocenters. The lowest BCUT2D eigenvalue weighted by Gasteiger charge is -2.29. The van der Waals surface area contributed by atoms with E-state index >= 15 is 0 Å². The largest absolute Gasteiger partial charge is 0.334 e. The van der Waals surface area contributed by atoms with Gasteiger partial charge in [-0.15, -0.1) is 11.3 Å². The van der Waals surface area contributed by atoms with Gasteiger partial charge in [-0.2, -0.15) is 0 Å². The van der Waals surface area contributed by atoms with Crippen molar-refractivity contribution in [1.29, 1.82) is 0 Å². The SMILES string of the molecule is O=C(C1CCc2sc(-c3ccncc3)nc2C1)N(Cc1ccccn1)C1CC1. The van der Waals surface area contributed by atoms with Crippen molar-refractivity contribution in [1.82, 2.24) is 19.9 Å². The van der Waals surface area contributed by atoms with Crippen LogP contribution in [0.2, 0.25) is 0 Å². The molecule has 1 unspecified atom stereocenters. The molecule has 28 heavy (non-hydrogen) atoms. The number of rotatable bonds is 5. The molecule has 3 aromatic heterocycles. The van der Waals surface area contributed by atoms with Crippen LogP contribution in [0.15, 0.2) is 48.9 Å². The summed E-state index contributed by atoms with van der Waals surface area (Å²) in [7, 11) is 0. The van der Waals surface area contributed by atoms with Crippen molar-refractivity contribution in [2.75, 3.05) is 0 Å². The molecule has 0 radical (unpaired) electrons. The number of carbonyl (C=O) groups is 1. The lowest BCUT2D eigenvalue weighted by atomic mass is 9.89. The molecule has 5 rings (SSSR count). The molecular formula is C22H22N4OS. The summed E-state index contributed by atoms with van der Waals surface area (Å²) in [6, 6.07) is 10.3. The molecule has 3 heterocycles. The average Bonchev–Trinajstić information content (AvgIpc) is 3.50. The predicted octanol–water partition coefficient (Wildman–Crippen LogP) is 3.90. The van der Waals surface area contributed by atoms with Gasteiger partial charge in [0.15, 0.2) is 0 Å². The van der Waals surface area contributed by atoms with E-state index in [-0.39, 0.29) is 11.8 Å². The maximum absolute atomic E-state index is 13.3. The molecule has 142 valence electrons. The molecule has 0 N–H and O–H groups in total. The van der Waals surface area contributed by atoms with Gasteiger partial charge < -0.3 is 4.90 Å². The summed E-state index contributed by atoms with van der Waals surface area (Å²) in [6.45, 7) is 0.618. The number of nitrogens with zero attached hydrogens (tertiary/aromatic N) is 4. The van der Waals surface area contributed by atoms with Crippen molar-refractivity contribution < 1.29 is 4.79 Å². The average molecular weight is 391 g/mol. The lowest BCUT2D eigenvalue weighted by molar-refractivity contribution is -0.137. The van der Waals surface area contributed by atoms with E-state index in [1.165, 1.54) is 4.88 Å². The third kappa shape index (κ3) is 3.56. The van der Waals surface area contributed by atoms with Gasteiger partial charge in [0.1, 0.15) is 5.01 Å². The number of pyridine rings is 2. The second-order valence-corrected chi connectivity index (χ2v) is 8.67. The standard InChI is InChI=1S/C22H22N4OS/c27-22(26(18-5-6-18)14-17-3-1-2-10-24-17)16-4-7-20-19(13-16)25-21(28-20)15-8-11-23-12-9-15/h1-3,8-12,16,18H,4-7,13-14H2. The highest BCUT2D eigenvalue weighted by atomic mass is 32.1. The number of thiazole rings is 1. The van der Waals surface area contributed by atoms with Crippen molar-refractivity contribution in [3.8, 4) is 10.6 Å². The van der Waals surface area contributed by atoms with Crippen molar-refractivity contribution in [2.24, 2.45) is 5.92 Å². The zero-order valence-electron chi connectivity index (χ0n) is 15.6. The van der Waals surface area contributed by atoms with E-state index in [9.17, 15) is 4.79 Å². The molecule has 0 saturated heterocycles. The molecule has 0 aliphatic heterocycles. The fourth-order valence-electron chi connectivity index (χ4n) is 3.88. The second-order valence-electron chi connectivity index (χ2n) is 7.58. The summed E-state index contributed by atoms with van der Waals surface area (Å²) in [6.07, 6.45) is 10.2. The molecule has 6 heteroatoms. The Balaban J connectivity index is 1.33. The van der Waals surface area contributed by atoms with Gasteiger partial charge in [-0.3, -0.25) is 14.8 Å². The first kappa shape index (κ1) is 17.5. The van der Waals surface area contributed by atoms with Crippen LogP contribution < -0.4 is 0 Å². The van der Waals surface area contributed by atoms with Gasteiger partial charge in [0.2, 0.25) is 5.91 Å². The van der Waals surface area contributed by atoms with Crippen molar-refractivity contribution in [3.63, 3.8) is 0 Å². The Kier molecular flexibility index (Phi) is 4.64. The molecule has 2 aliphatic carbocycles. The van der Waals surface area contributed by atoms with Gasteiger partial charge in [-0.05, 0) is 49.9 Å². The number of amides is 1. The Bertz CT molecular complexity index is 969. The van der Waals surface area contributed by atoms with Crippen molar-refractivity contribution in [2.45, 2.75) is 44.7 Å². The van der Waals surface area contributed by atoms with Gasteiger partial charge in [0, 0.05) is 47.4 Å². The molecule has 2 aliphatic rings. The monoisotopic (exact) mass is 390 g/mol. The lowest BCUT2D eigenvalue weighted by Crippen LogP contribution is -2.39. The topological polar surface area (TPSA) is 59.0 Å². The number of hydrogen-bond donors (Lipinski definition) is 0. The number of aryl methyl sites for hydroxylation is 1. The summed E-state index contributed by atoms with van der Waals surface area (Å²) in [4.78, 5) is 30.1. The molecule has 1 amide bonds. The second kappa shape index (κ2) is 7.43. The highest BCUT2D eigenvalue weighted by Crippen LogP contribution is 2.37. The maximum atomic E-state index is 13.3. The number of aromatic nitrogens is 3. The minimum atomic E-state index is 0.0317. The number of carbonyl (C=O) groups excluding carboxylic acids is 1. The van der Waals surface area contributed by atoms with E-state index in [0.29, 0.717) is 12.6 Å². The summed E-state index contributed by atoms with van der Waals surface area (Å²) in [5.41, 5.74) is 3.18. The third-order valence-electron chi connectivity index (χ3n) is 5.54. The minimum Gasteiger partial charge on any atom is -0.334 e. The van der Waals surface area contributed by atoms with Crippen LogP contribution in [0.4, 0.5) is 0 Å². The first-order valence-electron chi connectivity index (χ1n) is 9.87. The van der Waals surface area contributed by atoms with Crippen LogP contribution in [0.3, 0.4) is 0 Å². The molecule has 1 fully saturated rings. The van der Waals surface area contributed by atoms with Crippen LogP contribution >= 0.6 is 11.3 Å². The summed E-state index contributed by atoms with van der Waals surface area (Å²) < 4.78 is 0. The van der Waals surface area contributed by atoms with E-state index in [1.54, 1.807) is 29.9 Å². The van der Waals surface area contributed by atoms with Crippen LogP contribution in [0.25, 0.3) is 10.6 Å². The first-order valence-corrected chi connectivity index (χ1v) is 10.7. The Labute approximate surface area is 168 Å². The highest BCUT2D eigenvalue weighted by Gasteiger charge is 2.37. The molecule has 0 aromatic carbocycles. The van der Waals surface area contributed by atoms with E-state index < -0.39 is 0 Å². The zero-order chi connectivity index (χ0) is 18.9. The Hall–Kier alpha value is -2.60. The zero-order valence-corrected chi connectivity index (χ0v) is 16.4. The molecule has 1 saturated carbocycles. The number of fused-ring (bicyclic) bond motifs is 1. The van der Waals surface area contributed by atoms with Gasteiger partial charge in [0.25, 0.3) is 0 Å². The van der Waals surface area contributed by atoms with Gasteiger partial charge in [0.05, 0.1) is 17.9 Å². The van der Waals surface area contributed by atoms with Crippen LogP contribution in [0.1, 0.15) is 35.5 Å². The van der Waals surface area contributed by atoms with E-state index in [0.717, 1.165) is 54.1 Å².